The minimum atomic E-state index is -0.875. The van der Waals surface area contributed by atoms with Crippen LogP contribution in [0.25, 0.3) is 0 Å². The molecule has 3 heterocycles. The Kier molecular flexibility index (Phi) is 8.95. The smallest absolute Gasteiger partial charge is 0.247 e. The zero-order valence-corrected chi connectivity index (χ0v) is 27.0. The lowest BCUT2D eigenvalue weighted by atomic mass is 9.66. The summed E-state index contributed by atoms with van der Waals surface area (Å²) >= 11 is 1.64. The summed E-state index contributed by atoms with van der Waals surface area (Å²) in [6, 6.07) is 27.0. The van der Waals surface area contributed by atoms with E-state index in [0.717, 1.165) is 16.8 Å². The van der Waals surface area contributed by atoms with Crippen molar-refractivity contribution >= 4 is 35.2 Å². The molecule has 3 aliphatic rings. The normalized spacial score (nSPS) is 26.8. The number of thioether (sulfide) groups is 1. The minimum absolute atomic E-state index is 0.137. The Labute approximate surface area is 275 Å². The van der Waals surface area contributed by atoms with E-state index in [0.29, 0.717) is 32.5 Å². The molecule has 8 heteroatoms. The molecule has 0 aliphatic carbocycles. The number of hydrogen-bond acceptors (Lipinski definition) is 5. The molecular formula is C38H41N3O4S. The van der Waals surface area contributed by atoms with Crippen molar-refractivity contribution in [3.8, 4) is 0 Å². The monoisotopic (exact) mass is 635 g/mol. The van der Waals surface area contributed by atoms with Gasteiger partial charge in [0.25, 0.3) is 0 Å². The lowest BCUT2D eigenvalue weighted by molar-refractivity contribution is -0.146. The number of amides is 3. The Morgan fingerprint density at radius 1 is 0.935 bits per heavy atom. The zero-order valence-electron chi connectivity index (χ0n) is 26.2. The molecular weight excluding hydrogens is 595 g/mol. The van der Waals surface area contributed by atoms with Crippen LogP contribution in [0.2, 0.25) is 0 Å². The van der Waals surface area contributed by atoms with Crippen molar-refractivity contribution in [2.75, 3.05) is 24.6 Å². The van der Waals surface area contributed by atoms with Gasteiger partial charge in [0.15, 0.2) is 0 Å². The average molecular weight is 636 g/mol. The number of nitrogens with zero attached hydrogens (tertiary/aromatic N) is 3. The number of carbonyl (C=O) groups excluding carboxylic acids is 3. The molecule has 1 spiro atoms. The first-order valence-electron chi connectivity index (χ1n) is 15.9. The second-order valence-corrected chi connectivity index (χ2v) is 14.5. The van der Waals surface area contributed by atoms with E-state index in [-0.39, 0.29) is 24.3 Å². The summed E-state index contributed by atoms with van der Waals surface area (Å²) in [5.41, 5.74) is 2.46. The van der Waals surface area contributed by atoms with Crippen molar-refractivity contribution in [2.24, 2.45) is 11.8 Å². The molecule has 238 valence electrons. The highest BCUT2D eigenvalue weighted by Gasteiger charge is 2.78. The molecule has 3 amide bonds. The summed E-state index contributed by atoms with van der Waals surface area (Å²) in [7, 11) is 0. The first-order chi connectivity index (χ1) is 22.3. The van der Waals surface area contributed by atoms with Crippen LogP contribution >= 0.6 is 11.8 Å². The van der Waals surface area contributed by atoms with Crippen molar-refractivity contribution < 1.29 is 19.5 Å². The number of para-hydroxylation sites is 1. The Morgan fingerprint density at radius 2 is 1.54 bits per heavy atom. The Balaban J connectivity index is 1.47. The van der Waals surface area contributed by atoms with Crippen LogP contribution in [-0.2, 0) is 20.9 Å². The number of rotatable bonds is 12. The summed E-state index contributed by atoms with van der Waals surface area (Å²) in [6.45, 7) is 10.5. The minimum Gasteiger partial charge on any atom is -0.394 e. The van der Waals surface area contributed by atoms with Gasteiger partial charge >= 0.3 is 0 Å². The van der Waals surface area contributed by atoms with Gasteiger partial charge in [-0.2, -0.15) is 0 Å². The van der Waals surface area contributed by atoms with Gasteiger partial charge in [0.05, 0.1) is 29.2 Å². The van der Waals surface area contributed by atoms with Gasteiger partial charge in [0.2, 0.25) is 17.7 Å². The van der Waals surface area contributed by atoms with Gasteiger partial charge in [-0.3, -0.25) is 14.4 Å². The molecule has 6 atom stereocenters. The van der Waals surface area contributed by atoms with E-state index in [9.17, 15) is 19.5 Å². The maximum absolute atomic E-state index is 15.0. The van der Waals surface area contributed by atoms with Crippen molar-refractivity contribution in [3.05, 3.63) is 127 Å². The maximum atomic E-state index is 15.0. The molecule has 3 saturated heterocycles. The van der Waals surface area contributed by atoms with Crippen LogP contribution in [0.15, 0.2) is 116 Å². The van der Waals surface area contributed by atoms with Crippen LogP contribution < -0.4 is 4.90 Å². The second-order valence-electron chi connectivity index (χ2n) is 12.6. The summed E-state index contributed by atoms with van der Waals surface area (Å²) in [5, 5.41) is 10.9. The van der Waals surface area contributed by atoms with Crippen LogP contribution in [-0.4, -0.2) is 67.9 Å². The highest BCUT2D eigenvalue weighted by Crippen LogP contribution is 2.72. The largest absolute Gasteiger partial charge is 0.394 e. The molecule has 3 aromatic rings. The zero-order chi connectivity index (χ0) is 32.5. The molecule has 0 radical (unpaired) electrons. The molecule has 0 saturated carbocycles. The lowest BCUT2D eigenvalue weighted by Crippen LogP contribution is -2.55. The van der Waals surface area contributed by atoms with Crippen molar-refractivity contribution in [1.82, 2.24) is 9.80 Å². The number of carbonyl (C=O) groups is 3. The van der Waals surface area contributed by atoms with Crippen LogP contribution in [0.5, 0.6) is 0 Å². The number of anilines is 1. The fourth-order valence-electron chi connectivity index (χ4n) is 7.98. The lowest BCUT2D eigenvalue weighted by Gasteiger charge is -2.39. The molecule has 2 bridgehead atoms. The predicted octanol–water partition coefficient (Wildman–Crippen LogP) is 5.64. The van der Waals surface area contributed by atoms with E-state index in [4.69, 9.17) is 0 Å². The third kappa shape index (κ3) is 5.27. The third-order valence-corrected chi connectivity index (χ3v) is 11.9. The summed E-state index contributed by atoms with van der Waals surface area (Å²) in [4.78, 5) is 49.8. The first kappa shape index (κ1) is 31.8. The molecule has 3 aromatic carbocycles. The predicted molar refractivity (Wildman–Crippen MR) is 183 cm³/mol. The fourth-order valence-corrected chi connectivity index (χ4v) is 10.3. The van der Waals surface area contributed by atoms with Gasteiger partial charge in [0.1, 0.15) is 6.04 Å². The van der Waals surface area contributed by atoms with Crippen LogP contribution in [0, 0.1) is 11.8 Å². The molecule has 1 N–H and O–H groups in total. The number of aliphatic hydroxyl groups excluding tert-OH is 1. The maximum Gasteiger partial charge on any atom is 0.247 e. The van der Waals surface area contributed by atoms with Crippen LogP contribution in [0.3, 0.4) is 0 Å². The third-order valence-electron chi connectivity index (χ3n) is 9.93. The number of benzene rings is 3. The van der Waals surface area contributed by atoms with Gasteiger partial charge < -0.3 is 19.8 Å². The Bertz CT molecular complexity index is 1600. The van der Waals surface area contributed by atoms with Gasteiger partial charge in [0, 0.05) is 30.1 Å². The quantitative estimate of drug-likeness (QED) is 0.261. The van der Waals surface area contributed by atoms with E-state index in [2.05, 4.69) is 20.1 Å². The van der Waals surface area contributed by atoms with E-state index >= 15 is 0 Å². The van der Waals surface area contributed by atoms with E-state index in [1.165, 1.54) is 0 Å². The summed E-state index contributed by atoms with van der Waals surface area (Å²) in [6.07, 6.45) is 4.72. The van der Waals surface area contributed by atoms with Crippen LogP contribution in [0.1, 0.15) is 36.9 Å². The van der Waals surface area contributed by atoms with Crippen LogP contribution in [0.4, 0.5) is 5.69 Å². The van der Waals surface area contributed by atoms with Crippen molar-refractivity contribution in [1.29, 1.82) is 0 Å². The van der Waals surface area contributed by atoms with Gasteiger partial charge in [-0.25, -0.2) is 0 Å². The van der Waals surface area contributed by atoms with Crippen molar-refractivity contribution in [3.63, 3.8) is 0 Å². The molecule has 6 rings (SSSR count). The highest BCUT2D eigenvalue weighted by molar-refractivity contribution is 8.02. The number of hydrogen-bond donors (Lipinski definition) is 1. The molecule has 0 aromatic heterocycles. The first-order valence-corrected chi connectivity index (χ1v) is 16.7. The summed E-state index contributed by atoms with van der Waals surface area (Å²) in [5.74, 6) is -1.96. The molecule has 3 fully saturated rings. The van der Waals surface area contributed by atoms with E-state index in [1.807, 2.05) is 91.0 Å². The fraction of sp³-hybridized carbons (Fsp3) is 0.342. The van der Waals surface area contributed by atoms with E-state index < -0.39 is 33.4 Å². The van der Waals surface area contributed by atoms with Crippen molar-refractivity contribution in [2.45, 2.75) is 47.9 Å². The number of fused-ring (bicyclic) bond motifs is 1. The molecule has 46 heavy (non-hydrogen) atoms. The second kappa shape index (κ2) is 12.9. The molecule has 3 aliphatic heterocycles. The Morgan fingerprint density at radius 3 is 2.15 bits per heavy atom. The van der Waals surface area contributed by atoms with Gasteiger partial charge in [-0.15, -0.1) is 24.9 Å². The van der Waals surface area contributed by atoms with Gasteiger partial charge in [-0.05, 0) is 43.0 Å². The number of aliphatic hydroxyl groups is 1. The van der Waals surface area contributed by atoms with E-state index in [1.54, 1.807) is 38.6 Å². The highest BCUT2D eigenvalue weighted by atomic mass is 32.2. The average Bonchev–Trinajstić information content (AvgIpc) is 3.65. The van der Waals surface area contributed by atoms with Gasteiger partial charge in [-0.1, -0.05) is 91.0 Å². The standard InChI is InChI=1S/C38H41N3O4S/c1-4-23-39(25-27-15-9-6-10-16-27)36(45)33-38-22-21-37(3,46-38)31(34(43)40(24-5-2)29-19-13-8-14-20-29)32(38)35(44)41(33)30(26-42)28-17-11-7-12-18-28/h4-20,30-33,42H,1-2,21-26H2,3H3/t30-,31-,32+,33?,37+,38?/m1/s1. The molecule has 7 nitrogen and oxygen atoms in total. The Hall–Kier alpha value is -4.14. The molecule has 2 unspecified atom stereocenters. The number of likely N-dealkylation sites (tertiary alicyclic amines) is 1. The summed E-state index contributed by atoms with van der Waals surface area (Å²) < 4.78 is -1.38. The SMILES string of the molecule is C=CCN(Cc1ccccc1)C(=O)C1N([C@H](CO)c2ccccc2)C(=O)[C@@H]2[C@H](C(=O)N(CC=C)c3ccccc3)[C@]3(C)CCC12S3. The topological polar surface area (TPSA) is 81.2 Å².